The molecule has 0 amide bonds. The third-order valence-electron chi connectivity index (χ3n) is 10.4. The first-order valence-electron chi connectivity index (χ1n) is 28.2. The number of nitrogens with zero attached hydrogens (tertiary/aromatic N) is 1. The van der Waals surface area contributed by atoms with Gasteiger partial charge >= 0.3 is 34.8 Å². The number of aliphatic hydroxyl groups is 1. The lowest BCUT2D eigenvalue weighted by molar-refractivity contribution is 0.215. The third kappa shape index (κ3) is 37.8. The zero-order valence-corrected chi connectivity index (χ0v) is 52.8. The van der Waals surface area contributed by atoms with Crippen LogP contribution in [0, 0.1) is 0 Å². The van der Waals surface area contributed by atoms with Crippen molar-refractivity contribution in [3.8, 4) is 0 Å². The third-order valence-corrected chi connectivity index (χ3v) is 10.4. The normalized spacial score (nSPS) is 12.0. The second kappa shape index (κ2) is 58.5. The van der Waals surface area contributed by atoms with Gasteiger partial charge in [-0.25, -0.2) is 0 Å². The van der Waals surface area contributed by atoms with E-state index in [1.165, 1.54) is 22.3 Å². The molecule has 0 aromatic heterocycles. The Bertz CT molecular complexity index is 1700. The van der Waals surface area contributed by atoms with Crippen LogP contribution in [0.1, 0.15) is 111 Å². The summed E-state index contributed by atoms with van der Waals surface area (Å²) in [6, 6.07) is 40.1. The van der Waals surface area contributed by atoms with Crippen LogP contribution in [-0.2, 0) is 46.4 Å². The van der Waals surface area contributed by atoms with Crippen LogP contribution in [0.4, 0.5) is 0 Å². The zero-order chi connectivity index (χ0) is 60.0. The minimum Gasteiger partial charge on any atom is -0.446 e. The van der Waals surface area contributed by atoms with E-state index in [4.69, 9.17) is 14.8 Å². The van der Waals surface area contributed by atoms with Gasteiger partial charge in [0.15, 0.2) is 0 Å². The summed E-state index contributed by atoms with van der Waals surface area (Å²) in [4.78, 5) is 2.00. The first-order chi connectivity index (χ1) is 37.3. The Labute approximate surface area is 478 Å². The Kier molecular flexibility index (Phi) is 62.5. The summed E-state index contributed by atoms with van der Waals surface area (Å²) >= 11 is 1.75. The summed E-state index contributed by atoms with van der Waals surface area (Å²) in [5.74, 6) is 0. The maximum Gasteiger partial charge on any atom is 0.491 e. The number of aryl methyl sites for hydroxylation is 4. The molecule has 0 spiro atoms. The summed E-state index contributed by atoms with van der Waals surface area (Å²) in [6.45, 7) is 24.5. The van der Waals surface area contributed by atoms with Crippen LogP contribution in [0.5, 0.6) is 0 Å². The average molecular weight is 1090 g/mol. The molecule has 10 nitrogen and oxygen atoms in total. The predicted octanol–water partition coefficient (Wildman–Crippen LogP) is 8.84. The first kappa shape index (κ1) is 82.2. The molecule has 0 fully saturated rings. The molecular formula is C61H108B5NO9S. The number of fused-ring (bicyclic) bond motifs is 5. The van der Waals surface area contributed by atoms with Crippen LogP contribution in [0.15, 0.2) is 121 Å². The van der Waals surface area contributed by atoms with Gasteiger partial charge in [-0.1, -0.05) is 213 Å². The van der Waals surface area contributed by atoms with Crippen molar-refractivity contribution in [3.05, 3.63) is 149 Å². The minimum atomic E-state index is -0.698. The number of methoxy groups -OCH3 is 2. The Hall–Kier alpha value is -3.63. The van der Waals surface area contributed by atoms with Gasteiger partial charge in [-0.3, -0.25) is 0 Å². The monoisotopic (exact) mass is 1090 g/mol. The fourth-order valence-corrected chi connectivity index (χ4v) is 7.30. The highest BCUT2D eigenvalue weighted by molar-refractivity contribution is 7.97. The highest BCUT2D eigenvalue weighted by Gasteiger charge is 2.27. The molecular weight excluding hydrogens is 977 g/mol. The van der Waals surface area contributed by atoms with Crippen LogP contribution in [0.25, 0.3) is 0 Å². The fraction of sp³-hybridized carbons (Fsp3) is 0.508. The Balaban J connectivity index is -0.000000252. The van der Waals surface area contributed by atoms with Gasteiger partial charge in [0.2, 0.25) is 0 Å². The lowest BCUT2D eigenvalue weighted by atomic mass is 9.63. The number of rotatable bonds is 1. The maximum absolute atomic E-state index is 9.38. The first-order valence-corrected chi connectivity index (χ1v) is 29.8. The van der Waals surface area contributed by atoms with Gasteiger partial charge in [-0.05, 0) is 131 Å². The van der Waals surface area contributed by atoms with Gasteiger partial charge in [-0.15, -0.1) is 0 Å². The van der Waals surface area contributed by atoms with Crippen LogP contribution in [0.2, 0.25) is 25.3 Å². The lowest BCUT2D eigenvalue weighted by Gasteiger charge is -1.96. The number of thioether (sulfide) groups is 1. The molecule has 10 rings (SSSR count). The Morgan fingerprint density at radius 3 is 0.805 bits per heavy atom. The predicted molar refractivity (Wildman–Crippen MR) is 348 cm³/mol. The number of ether oxygens (including phenoxy) is 2. The molecule has 5 aliphatic rings. The summed E-state index contributed by atoms with van der Waals surface area (Å²) in [5, 5.41) is 54.3. The molecule has 0 saturated heterocycles. The molecule has 16 heteroatoms. The summed E-state index contributed by atoms with van der Waals surface area (Å²) < 4.78 is 13.8. The van der Waals surface area contributed by atoms with Gasteiger partial charge in [0.25, 0.3) is 0 Å². The SMILES string of the molecule is CC.CC.CC.CC.CC.CCO.CCOC.CN(C)C.COC.CSC.OB1CCc2ccccc21.OB1CCc2ccccc21.OB1CCc2ccccc21.OB1CCc2ccccc21.OB1OCc2ccccc21. The van der Waals surface area contributed by atoms with Gasteiger partial charge in [0, 0.05) is 34.5 Å². The largest absolute Gasteiger partial charge is 0.491 e. The van der Waals surface area contributed by atoms with Crippen molar-refractivity contribution in [3.63, 3.8) is 0 Å². The highest BCUT2D eigenvalue weighted by Crippen LogP contribution is 2.14. The molecule has 432 valence electrons. The van der Waals surface area contributed by atoms with Gasteiger partial charge in [-0.2, -0.15) is 11.8 Å². The van der Waals surface area contributed by atoms with Crippen molar-refractivity contribution in [1.82, 2.24) is 4.90 Å². The van der Waals surface area contributed by atoms with Crippen LogP contribution < -0.4 is 27.3 Å². The summed E-state index contributed by atoms with van der Waals surface area (Å²) in [5.41, 5.74) is 11.8. The van der Waals surface area contributed by atoms with Crippen molar-refractivity contribution in [2.45, 2.75) is 141 Å². The second-order valence-electron chi connectivity index (χ2n) is 16.4. The van der Waals surface area contributed by atoms with Crippen LogP contribution in [-0.4, -0.2) is 138 Å². The van der Waals surface area contributed by atoms with Gasteiger partial charge in [0.05, 0.1) is 6.61 Å². The zero-order valence-electron chi connectivity index (χ0n) is 52.0. The molecule has 5 aliphatic heterocycles. The molecule has 0 unspecified atom stereocenters. The average Bonchev–Trinajstić information content (AvgIpc) is 4.33. The van der Waals surface area contributed by atoms with E-state index < -0.39 is 7.12 Å². The molecule has 5 aromatic carbocycles. The van der Waals surface area contributed by atoms with E-state index in [0.717, 1.165) is 90.4 Å². The molecule has 5 heterocycles. The standard InChI is InChI=1S/4C8H9BO.C7H7BO2.C3H9N.C3H8O.2C2H6O.C2H6S.5C2H6/c4*10-9-6-5-7-3-1-2-4-8(7)9;9-8-7-4-2-1-3-6(7)5-10-8;1-4(2)3;1-3-4-2;1-3-2;1-2-3;1-3-2;5*1-2/h4*1-4,10H,5-6H2;1-4,9H,5H2;1-3H3;3H2,1-2H3;1-2H3;3H,2H2,1H3;1-2H3;5*1-2H3. The van der Waals surface area contributed by atoms with E-state index in [2.05, 4.69) is 33.7 Å². The number of hydrogen-bond donors (Lipinski definition) is 6. The van der Waals surface area contributed by atoms with Crippen LogP contribution >= 0.6 is 11.8 Å². The molecule has 5 aromatic rings. The molecule has 0 saturated carbocycles. The van der Waals surface area contributed by atoms with Crippen molar-refractivity contribution >= 4 is 73.9 Å². The molecule has 0 bridgehead atoms. The van der Waals surface area contributed by atoms with E-state index in [-0.39, 0.29) is 34.3 Å². The molecule has 0 aliphatic carbocycles. The summed E-state index contributed by atoms with van der Waals surface area (Å²) in [7, 11) is 10.2. The second-order valence-corrected chi connectivity index (χ2v) is 17.2. The van der Waals surface area contributed by atoms with E-state index in [9.17, 15) is 20.1 Å². The Morgan fingerprint density at radius 2 is 0.623 bits per heavy atom. The van der Waals surface area contributed by atoms with Crippen molar-refractivity contribution in [1.29, 1.82) is 0 Å². The van der Waals surface area contributed by atoms with E-state index in [1.54, 1.807) is 40.0 Å². The maximum atomic E-state index is 9.38. The van der Waals surface area contributed by atoms with Gasteiger partial charge < -0.3 is 49.3 Å². The smallest absolute Gasteiger partial charge is 0.446 e. The Morgan fingerprint density at radius 1 is 0.442 bits per heavy atom. The van der Waals surface area contributed by atoms with E-state index in [0.29, 0.717) is 6.61 Å². The number of benzene rings is 5. The number of aliphatic hydroxyl groups excluding tert-OH is 1. The topological polar surface area (TPSA) is 152 Å². The highest BCUT2D eigenvalue weighted by atomic mass is 32.2. The van der Waals surface area contributed by atoms with Crippen molar-refractivity contribution < 1.29 is 44.4 Å². The molecule has 0 radical (unpaired) electrons. The molecule has 77 heavy (non-hydrogen) atoms. The molecule has 0 atom stereocenters. The van der Waals surface area contributed by atoms with Gasteiger partial charge in [0.1, 0.15) is 0 Å². The lowest BCUT2D eigenvalue weighted by Crippen LogP contribution is -2.27. The summed E-state index contributed by atoms with van der Waals surface area (Å²) in [6.07, 6.45) is 11.8. The fourth-order valence-electron chi connectivity index (χ4n) is 7.30. The van der Waals surface area contributed by atoms with Crippen LogP contribution in [0.3, 0.4) is 0 Å². The van der Waals surface area contributed by atoms with E-state index in [1.807, 2.05) is 212 Å². The van der Waals surface area contributed by atoms with E-state index >= 15 is 0 Å². The minimum absolute atomic E-state index is 0.198. The molecule has 6 N–H and O–H groups in total. The number of hydrogen-bond acceptors (Lipinski definition) is 11. The quantitative estimate of drug-likeness (QED) is 0.0894. The van der Waals surface area contributed by atoms with Crippen molar-refractivity contribution in [2.75, 3.05) is 68.2 Å². The van der Waals surface area contributed by atoms with Crippen molar-refractivity contribution in [2.24, 2.45) is 0 Å².